The summed E-state index contributed by atoms with van der Waals surface area (Å²) in [5.41, 5.74) is 1.08. The Labute approximate surface area is 168 Å². The topological polar surface area (TPSA) is 46.6 Å². The van der Waals surface area contributed by atoms with Crippen molar-refractivity contribution in [1.29, 1.82) is 0 Å². The lowest BCUT2D eigenvalue weighted by Crippen LogP contribution is -2.38. The maximum atomic E-state index is 12.4. The summed E-state index contributed by atoms with van der Waals surface area (Å²) in [7, 11) is 1.07. The fourth-order valence-electron chi connectivity index (χ4n) is 2.21. The SMILES string of the molecule is CN(CC=CCOc1ccc(C(=O)c2ccc(Br)cc2)cc1)C(=O)C(F)(F)F. The highest BCUT2D eigenvalue weighted by Crippen LogP contribution is 2.18. The lowest BCUT2D eigenvalue weighted by Gasteiger charge is -2.16. The second kappa shape index (κ2) is 9.54. The Kier molecular flexibility index (Phi) is 7.39. The van der Waals surface area contributed by atoms with Crippen LogP contribution in [0.3, 0.4) is 0 Å². The standard InChI is InChI=1S/C20H17BrF3NO3/c1-25(19(27)20(22,23)24)12-2-3-13-28-17-10-6-15(7-11-17)18(26)14-4-8-16(21)9-5-14/h2-11H,12-13H2,1H3. The number of carbonyl (C=O) groups excluding carboxylic acids is 2. The van der Waals surface area contributed by atoms with E-state index in [1.165, 1.54) is 12.2 Å². The van der Waals surface area contributed by atoms with E-state index in [9.17, 15) is 22.8 Å². The minimum Gasteiger partial charge on any atom is -0.490 e. The molecule has 2 aromatic rings. The van der Waals surface area contributed by atoms with Crippen molar-refractivity contribution in [3.8, 4) is 5.75 Å². The van der Waals surface area contributed by atoms with Crippen LogP contribution in [0.2, 0.25) is 0 Å². The number of nitrogens with zero attached hydrogens (tertiary/aromatic N) is 1. The van der Waals surface area contributed by atoms with E-state index in [1.807, 2.05) is 0 Å². The van der Waals surface area contributed by atoms with Crippen molar-refractivity contribution in [2.45, 2.75) is 6.18 Å². The molecule has 1 amide bonds. The zero-order valence-corrected chi connectivity index (χ0v) is 16.5. The Morgan fingerprint density at radius 1 is 1.00 bits per heavy atom. The van der Waals surface area contributed by atoms with E-state index >= 15 is 0 Å². The lowest BCUT2D eigenvalue weighted by molar-refractivity contribution is -0.183. The van der Waals surface area contributed by atoms with Crippen LogP contribution in [0.1, 0.15) is 15.9 Å². The highest BCUT2D eigenvalue weighted by atomic mass is 79.9. The summed E-state index contributed by atoms with van der Waals surface area (Å²) in [6.45, 7) is -0.0591. The van der Waals surface area contributed by atoms with Gasteiger partial charge in [0.2, 0.25) is 0 Å². The third-order valence-electron chi connectivity index (χ3n) is 3.70. The first-order valence-electron chi connectivity index (χ1n) is 8.19. The van der Waals surface area contributed by atoms with E-state index in [1.54, 1.807) is 48.5 Å². The van der Waals surface area contributed by atoms with Crippen molar-refractivity contribution in [2.75, 3.05) is 20.2 Å². The number of hydrogen-bond donors (Lipinski definition) is 0. The second-order valence-electron chi connectivity index (χ2n) is 5.83. The van der Waals surface area contributed by atoms with Crippen molar-refractivity contribution in [1.82, 2.24) is 4.90 Å². The number of alkyl halides is 3. The van der Waals surface area contributed by atoms with Crippen LogP contribution in [0.25, 0.3) is 0 Å². The van der Waals surface area contributed by atoms with Crippen LogP contribution >= 0.6 is 15.9 Å². The third kappa shape index (κ3) is 6.23. The van der Waals surface area contributed by atoms with Gasteiger partial charge in [-0.1, -0.05) is 22.0 Å². The molecule has 0 atom stereocenters. The van der Waals surface area contributed by atoms with E-state index in [0.29, 0.717) is 21.8 Å². The van der Waals surface area contributed by atoms with Gasteiger partial charge in [0.05, 0.1) is 0 Å². The van der Waals surface area contributed by atoms with Crippen molar-refractivity contribution < 1.29 is 27.5 Å². The van der Waals surface area contributed by atoms with Crippen LogP contribution in [-0.2, 0) is 4.79 Å². The first-order chi connectivity index (χ1) is 13.2. The Hall–Kier alpha value is -2.61. The predicted octanol–water partition coefficient (Wildman–Crippen LogP) is 4.64. The molecule has 0 heterocycles. The molecule has 0 bridgehead atoms. The van der Waals surface area contributed by atoms with Crippen LogP contribution in [0.4, 0.5) is 13.2 Å². The Morgan fingerprint density at radius 2 is 1.54 bits per heavy atom. The molecule has 28 heavy (non-hydrogen) atoms. The molecule has 0 N–H and O–H groups in total. The molecule has 0 saturated heterocycles. The fraction of sp³-hybridized carbons (Fsp3) is 0.200. The van der Waals surface area contributed by atoms with Gasteiger partial charge in [-0.2, -0.15) is 13.2 Å². The summed E-state index contributed by atoms with van der Waals surface area (Å²) in [6, 6.07) is 13.6. The molecular formula is C20H17BrF3NO3. The Bertz CT molecular complexity index is 846. The predicted molar refractivity (Wildman–Crippen MR) is 102 cm³/mol. The summed E-state index contributed by atoms with van der Waals surface area (Å²) in [5, 5.41) is 0. The molecule has 2 aromatic carbocycles. The molecule has 0 aromatic heterocycles. The van der Waals surface area contributed by atoms with E-state index in [2.05, 4.69) is 15.9 Å². The number of benzene rings is 2. The summed E-state index contributed by atoms with van der Waals surface area (Å²) in [4.78, 5) is 23.9. The van der Waals surface area contributed by atoms with Crippen LogP contribution in [0, 0.1) is 0 Å². The number of rotatable bonds is 7. The van der Waals surface area contributed by atoms with Crippen molar-refractivity contribution in [3.05, 3.63) is 76.3 Å². The number of ether oxygens (including phenoxy) is 1. The highest BCUT2D eigenvalue weighted by Gasteiger charge is 2.40. The van der Waals surface area contributed by atoms with Gasteiger partial charge < -0.3 is 9.64 Å². The molecule has 0 radical (unpaired) electrons. The van der Waals surface area contributed by atoms with E-state index in [-0.39, 0.29) is 18.9 Å². The monoisotopic (exact) mass is 455 g/mol. The summed E-state index contributed by atoms with van der Waals surface area (Å²) in [5.74, 6) is -1.50. The highest BCUT2D eigenvalue weighted by molar-refractivity contribution is 9.10. The average molecular weight is 456 g/mol. The zero-order valence-electron chi connectivity index (χ0n) is 14.9. The summed E-state index contributed by atoms with van der Waals surface area (Å²) in [6.07, 6.45) is -1.95. The maximum absolute atomic E-state index is 12.4. The van der Waals surface area contributed by atoms with Gasteiger partial charge in [-0.05, 0) is 54.6 Å². The van der Waals surface area contributed by atoms with Gasteiger partial charge >= 0.3 is 12.1 Å². The minimum atomic E-state index is -4.88. The minimum absolute atomic E-state index is 0.115. The largest absolute Gasteiger partial charge is 0.490 e. The summed E-state index contributed by atoms with van der Waals surface area (Å²) >= 11 is 3.32. The van der Waals surface area contributed by atoms with Gasteiger partial charge in [-0.3, -0.25) is 9.59 Å². The van der Waals surface area contributed by atoms with Gasteiger partial charge in [-0.15, -0.1) is 0 Å². The number of likely N-dealkylation sites (N-methyl/N-ethyl adjacent to an activating group) is 1. The molecule has 2 rings (SSSR count). The maximum Gasteiger partial charge on any atom is 0.471 e. The number of halogens is 4. The first kappa shape index (κ1) is 21.7. The normalized spacial score (nSPS) is 11.5. The molecule has 4 nitrogen and oxygen atoms in total. The Balaban J connectivity index is 1.83. The van der Waals surface area contributed by atoms with E-state index in [0.717, 1.165) is 11.5 Å². The number of hydrogen-bond acceptors (Lipinski definition) is 3. The van der Waals surface area contributed by atoms with Gasteiger partial charge in [0.1, 0.15) is 12.4 Å². The van der Waals surface area contributed by atoms with Gasteiger partial charge in [0.15, 0.2) is 5.78 Å². The fourth-order valence-corrected chi connectivity index (χ4v) is 2.48. The van der Waals surface area contributed by atoms with Gasteiger partial charge in [-0.25, -0.2) is 0 Å². The molecular weight excluding hydrogens is 439 g/mol. The van der Waals surface area contributed by atoms with E-state index in [4.69, 9.17) is 4.74 Å². The smallest absolute Gasteiger partial charge is 0.471 e. The molecule has 148 valence electrons. The van der Waals surface area contributed by atoms with Crippen LogP contribution in [0.5, 0.6) is 5.75 Å². The first-order valence-corrected chi connectivity index (χ1v) is 8.98. The number of ketones is 1. The summed E-state index contributed by atoms with van der Waals surface area (Å²) < 4.78 is 43.1. The van der Waals surface area contributed by atoms with Gasteiger partial charge in [0.25, 0.3) is 0 Å². The van der Waals surface area contributed by atoms with Crippen LogP contribution in [-0.4, -0.2) is 43.0 Å². The lowest BCUT2D eigenvalue weighted by atomic mass is 10.0. The third-order valence-corrected chi connectivity index (χ3v) is 4.23. The van der Waals surface area contributed by atoms with Crippen molar-refractivity contribution >= 4 is 27.6 Å². The molecule has 0 aliphatic carbocycles. The molecule has 0 saturated carbocycles. The Morgan fingerprint density at radius 3 is 2.07 bits per heavy atom. The number of amides is 1. The molecule has 0 fully saturated rings. The van der Waals surface area contributed by atoms with Crippen molar-refractivity contribution in [2.24, 2.45) is 0 Å². The molecule has 0 spiro atoms. The van der Waals surface area contributed by atoms with Crippen LogP contribution in [0.15, 0.2) is 65.2 Å². The average Bonchev–Trinajstić information content (AvgIpc) is 2.66. The zero-order chi connectivity index (χ0) is 20.7. The molecule has 8 heteroatoms. The van der Waals surface area contributed by atoms with Crippen LogP contribution < -0.4 is 4.74 Å². The molecule has 0 aliphatic rings. The second-order valence-corrected chi connectivity index (χ2v) is 6.74. The van der Waals surface area contributed by atoms with E-state index < -0.39 is 12.1 Å². The molecule has 0 unspecified atom stereocenters. The molecule has 0 aliphatic heterocycles. The van der Waals surface area contributed by atoms with Gasteiger partial charge in [0, 0.05) is 29.2 Å². The number of carbonyl (C=O) groups is 2. The quantitative estimate of drug-likeness (QED) is 0.451. The van der Waals surface area contributed by atoms with Crippen molar-refractivity contribution in [3.63, 3.8) is 0 Å².